The molecule has 0 spiro atoms. The maximum absolute atomic E-state index is 12.6. The van der Waals surface area contributed by atoms with Gasteiger partial charge in [-0.1, -0.05) is 135 Å². The molecule has 0 aliphatic heterocycles. The highest BCUT2D eigenvalue weighted by molar-refractivity contribution is 5.86. The Labute approximate surface area is 656 Å². The largest absolute Gasteiger partial charge is 0.743 e. The van der Waals surface area contributed by atoms with E-state index in [2.05, 4.69) is 68.0 Å². The molecule has 10 aromatic rings. The smallest absolute Gasteiger partial charge is 0.411 e. The molecule has 0 aliphatic rings. The minimum Gasteiger partial charge on any atom is -0.743 e. The summed E-state index contributed by atoms with van der Waals surface area (Å²) in [6, 6.07) is 75.8. The van der Waals surface area contributed by atoms with E-state index in [0.29, 0.717) is 122 Å². The van der Waals surface area contributed by atoms with Crippen LogP contribution in [0, 0.1) is 5.21 Å². The quantitative estimate of drug-likeness (QED) is 0.00516. The minimum absolute atomic E-state index is 0.0366. The van der Waals surface area contributed by atoms with Crippen molar-refractivity contribution in [2.45, 2.75) is 70.6 Å². The molecule has 0 bridgehead atoms. The molecule has 0 atom stereocenters. The topological polar surface area (TPSA) is 309 Å². The third-order valence-electron chi connectivity index (χ3n) is 17.8. The second-order valence-electron chi connectivity index (χ2n) is 26.5. The zero-order valence-corrected chi connectivity index (χ0v) is 62.9. The van der Waals surface area contributed by atoms with Crippen molar-refractivity contribution in [3.8, 4) is 11.5 Å². The summed E-state index contributed by atoms with van der Waals surface area (Å²) in [5, 5.41) is 26.9. The van der Waals surface area contributed by atoms with E-state index in [1.54, 1.807) is 66.7 Å². The van der Waals surface area contributed by atoms with E-state index in [4.69, 9.17) is 42.7 Å². The van der Waals surface area contributed by atoms with Crippen LogP contribution in [0.2, 0.25) is 0 Å². The van der Waals surface area contributed by atoms with E-state index in [1.807, 2.05) is 170 Å². The molecule has 0 saturated heterocycles. The zero-order chi connectivity index (χ0) is 79.1. The van der Waals surface area contributed by atoms with Gasteiger partial charge in [0.15, 0.2) is 0 Å². The molecule has 25 heteroatoms. The van der Waals surface area contributed by atoms with Crippen molar-refractivity contribution < 1.29 is 71.5 Å². The van der Waals surface area contributed by atoms with Crippen molar-refractivity contribution in [3.05, 3.63) is 303 Å². The highest BCUT2D eigenvalue weighted by Gasteiger charge is 2.24. The molecular weight excluding hydrogens is 1440 g/mol. The van der Waals surface area contributed by atoms with Crippen LogP contribution < -0.4 is 41.5 Å². The van der Waals surface area contributed by atoms with E-state index in [-0.39, 0.29) is 51.7 Å². The number of hydrogen-bond donors (Lipinski definition) is 6. The number of carbonyl (C=O) groups is 4. The van der Waals surface area contributed by atoms with Crippen LogP contribution in [0.3, 0.4) is 0 Å². The first-order chi connectivity index (χ1) is 55.1. The highest BCUT2D eigenvalue weighted by Crippen LogP contribution is 2.34. The lowest BCUT2D eigenvalue weighted by Gasteiger charge is -2.28. The van der Waals surface area contributed by atoms with Gasteiger partial charge < -0.3 is 53.8 Å². The molecule has 10 rings (SSSR count). The zero-order valence-electron chi connectivity index (χ0n) is 62.9. The Hall–Kier alpha value is -13.0. The Morgan fingerprint density at radius 2 is 0.646 bits per heavy atom. The number of anilines is 6. The number of hydrazine groups is 1. The fourth-order valence-electron chi connectivity index (χ4n) is 11.5. The van der Waals surface area contributed by atoms with Gasteiger partial charge in [0.1, 0.15) is 44.7 Å². The van der Waals surface area contributed by atoms with Crippen LogP contribution in [0.5, 0.6) is 11.5 Å². The van der Waals surface area contributed by atoms with Crippen molar-refractivity contribution in [2.75, 3.05) is 105 Å². The van der Waals surface area contributed by atoms with Crippen molar-refractivity contribution in [2.24, 2.45) is 9.98 Å². The van der Waals surface area contributed by atoms with Gasteiger partial charge in [-0.15, -0.1) is 0 Å². The molecule has 584 valence electrons. The third kappa shape index (κ3) is 29.4. The van der Waals surface area contributed by atoms with E-state index in [0.717, 1.165) is 74.2 Å². The SMILES string of the molecule is CC(C)(c1ccc(OCCOCCOC(=O)Nc2ccc(Cc3ccc(NC(=O)OCCCCOCNc4ccc(Cc5ccc(N=C=O)cc5)cc4)cc3)cc2)cc1)c1ccc(OCCOC(=O)Nc2ccc(Cc3ccc(NN([O-])OCCCCOC(=O)Nc4ccc(Cc5ccc(N=C=O)cc5)cc4)cc3)cc2)cc1. The summed E-state index contributed by atoms with van der Waals surface area (Å²) >= 11 is 0. The second-order valence-corrected chi connectivity index (χ2v) is 26.5. The number of nitrogens with zero attached hydrogens (tertiary/aromatic N) is 3. The van der Waals surface area contributed by atoms with Gasteiger partial charge in [0.25, 0.3) is 0 Å². The molecule has 0 aromatic heterocycles. The van der Waals surface area contributed by atoms with Gasteiger partial charge in [0, 0.05) is 40.5 Å². The summed E-state index contributed by atoms with van der Waals surface area (Å²) in [4.78, 5) is 83.3. The normalized spacial score (nSPS) is 10.9. The van der Waals surface area contributed by atoms with Gasteiger partial charge in [-0.05, 0) is 228 Å². The van der Waals surface area contributed by atoms with Crippen LogP contribution >= 0.6 is 0 Å². The molecular formula is C88H90N9O16-. The monoisotopic (exact) mass is 1530 g/mol. The summed E-state index contributed by atoms with van der Waals surface area (Å²) < 4.78 is 44.5. The van der Waals surface area contributed by atoms with E-state index in [1.165, 1.54) is 6.08 Å². The van der Waals surface area contributed by atoms with Crippen LogP contribution in [0.1, 0.15) is 95.2 Å². The molecule has 10 aromatic carbocycles. The molecule has 0 radical (unpaired) electrons. The number of unbranched alkanes of at least 4 members (excludes halogenated alkanes) is 2. The lowest BCUT2D eigenvalue weighted by Crippen LogP contribution is -2.24. The summed E-state index contributed by atoms with van der Waals surface area (Å²) in [7, 11) is 0. The Morgan fingerprint density at radius 3 is 1.02 bits per heavy atom. The first-order valence-corrected chi connectivity index (χ1v) is 37.0. The average Bonchev–Trinajstić information content (AvgIpc) is 0.806. The number of rotatable bonds is 43. The van der Waals surface area contributed by atoms with Crippen molar-refractivity contribution in [3.63, 3.8) is 0 Å². The summed E-state index contributed by atoms with van der Waals surface area (Å²) in [6.45, 7) is 6.74. The second kappa shape index (κ2) is 44.6. The first kappa shape index (κ1) is 82.5. The third-order valence-corrected chi connectivity index (χ3v) is 17.8. The summed E-state index contributed by atoms with van der Waals surface area (Å²) in [5.41, 5.74) is 17.9. The molecule has 0 heterocycles. The van der Waals surface area contributed by atoms with Gasteiger partial charge in [0.2, 0.25) is 12.2 Å². The van der Waals surface area contributed by atoms with Crippen LogP contribution in [0.25, 0.3) is 0 Å². The predicted octanol–water partition coefficient (Wildman–Crippen LogP) is 18.1. The van der Waals surface area contributed by atoms with E-state index < -0.39 is 24.4 Å². The van der Waals surface area contributed by atoms with Crippen LogP contribution in [-0.4, -0.2) is 115 Å². The lowest BCUT2D eigenvalue weighted by molar-refractivity contribution is -0.102. The fraction of sp³-hybridized carbons (Fsp3) is 0.250. The van der Waals surface area contributed by atoms with E-state index in [9.17, 15) is 34.0 Å². The van der Waals surface area contributed by atoms with Crippen molar-refractivity contribution in [1.29, 1.82) is 0 Å². The number of nitrogens with one attached hydrogen (secondary N) is 6. The predicted molar refractivity (Wildman–Crippen MR) is 433 cm³/mol. The molecule has 0 aliphatic carbocycles. The molecule has 4 amide bonds. The molecule has 113 heavy (non-hydrogen) atoms. The summed E-state index contributed by atoms with van der Waals surface area (Å²) in [5.74, 6) is 1.33. The Bertz CT molecular complexity index is 4680. The van der Waals surface area contributed by atoms with Crippen LogP contribution in [0.4, 0.5) is 64.7 Å². The van der Waals surface area contributed by atoms with E-state index >= 15 is 0 Å². The molecule has 25 nitrogen and oxygen atoms in total. The first-order valence-electron chi connectivity index (χ1n) is 37.0. The molecule has 0 fully saturated rings. The molecule has 0 saturated carbocycles. The lowest BCUT2D eigenvalue weighted by atomic mass is 9.78. The minimum atomic E-state index is -0.606. The maximum atomic E-state index is 12.6. The highest BCUT2D eigenvalue weighted by atomic mass is 16.9. The van der Waals surface area contributed by atoms with Gasteiger partial charge >= 0.3 is 24.4 Å². The number of carbonyl (C=O) groups excluding carboxylic acids is 6. The Kier molecular flexibility index (Phi) is 32.6. The van der Waals surface area contributed by atoms with Gasteiger partial charge in [-0.2, -0.15) is 15.3 Å². The average molecular weight is 1530 g/mol. The number of aliphatic imine (C=N–C) groups is 2. The van der Waals surface area contributed by atoms with Crippen molar-refractivity contribution >= 4 is 82.0 Å². The maximum Gasteiger partial charge on any atom is 0.411 e. The number of hydrogen-bond acceptors (Lipinski definition) is 21. The number of ether oxygens (including phenoxy) is 8. The van der Waals surface area contributed by atoms with Crippen molar-refractivity contribution in [1.82, 2.24) is 5.34 Å². The van der Waals surface area contributed by atoms with Gasteiger partial charge in [-0.25, -0.2) is 28.8 Å². The number of isocyanates is 2. The fourth-order valence-corrected chi connectivity index (χ4v) is 11.5. The van der Waals surface area contributed by atoms with Gasteiger partial charge in [0.05, 0.1) is 50.1 Å². The van der Waals surface area contributed by atoms with Crippen LogP contribution in [-0.2, 0) is 73.9 Å². The Morgan fingerprint density at radius 1 is 0.345 bits per heavy atom. The van der Waals surface area contributed by atoms with Gasteiger partial charge in [-0.3, -0.25) is 26.1 Å². The van der Waals surface area contributed by atoms with Crippen LogP contribution in [0.15, 0.2) is 253 Å². The number of benzene rings is 10. The number of amides is 4. The molecule has 6 N–H and O–H groups in total. The standard InChI is InChI=1S/C88H90N9O16/c1-88(2,73-25-45-83(46-26-73)108-55-56-112-87(103)95-80-39-19-70(20-40-80)60-71-21-41-81(42-22-71)96-97(104)113-50-6-5-49-110-85(101)93-78-33-13-67(14-34-78)58-65-9-29-75(30-10-65)90-62-99)72-23-43-82(44-24-72)107-53-51-105-52-54-111-86(102)94-79-37-17-69(18-38-79)59-68-15-35-77(36-16-68)92-84(100)109-48-4-3-47-106-63-91-76-31-11-66(12-32-76)57-64-7-27-74(28-8-64)89-61-98/h7-46,91,96H,3-6,47-60,63H2,1-2H3,(H,92,100)(H,93,101)(H,94,102)(H,95,103)/q-1. The summed E-state index contributed by atoms with van der Waals surface area (Å²) in [6.07, 6.45) is 5.82. The Balaban J connectivity index is 0.505. The molecule has 0 unspecified atom stereocenters.